The van der Waals surface area contributed by atoms with Crippen LogP contribution in [0.4, 0.5) is 0 Å². The van der Waals surface area contributed by atoms with E-state index in [1.54, 1.807) is 24.3 Å². The largest absolute Gasteiger partial charge is 0.491 e. The first-order chi connectivity index (χ1) is 11.6. The maximum atomic E-state index is 12.0. The van der Waals surface area contributed by atoms with E-state index in [4.69, 9.17) is 4.74 Å². The van der Waals surface area contributed by atoms with E-state index in [2.05, 4.69) is 20.6 Å². The highest BCUT2D eigenvalue weighted by molar-refractivity contribution is 5.94. The second-order valence-corrected chi connectivity index (χ2v) is 5.29. The third-order valence-corrected chi connectivity index (χ3v) is 2.98. The Morgan fingerprint density at radius 3 is 2.29 bits per heavy atom. The van der Waals surface area contributed by atoms with Gasteiger partial charge in [-0.25, -0.2) is 4.98 Å². The van der Waals surface area contributed by atoms with Crippen LogP contribution in [-0.4, -0.2) is 41.0 Å². The third-order valence-electron chi connectivity index (χ3n) is 2.98. The molecule has 7 nitrogen and oxygen atoms in total. The van der Waals surface area contributed by atoms with Gasteiger partial charge in [0.1, 0.15) is 11.4 Å². The van der Waals surface area contributed by atoms with Crippen LogP contribution in [0.25, 0.3) is 0 Å². The van der Waals surface area contributed by atoms with Gasteiger partial charge in [0.15, 0.2) is 0 Å². The number of carbonyl (C=O) groups is 2. The number of carbonyl (C=O) groups excluding carboxylic acids is 2. The van der Waals surface area contributed by atoms with Crippen LogP contribution >= 0.6 is 0 Å². The molecule has 0 aliphatic rings. The van der Waals surface area contributed by atoms with Crippen molar-refractivity contribution in [1.82, 2.24) is 20.6 Å². The Kier molecular flexibility index (Phi) is 6.24. The van der Waals surface area contributed by atoms with E-state index < -0.39 is 0 Å². The van der Waals surface area contributed by atoms with Crippen molar-refractivity contribution in [2.45, 2.75) is 20.0 Å². The summed E-state index contributed by atoms with van der Waals surface area (Å²) in [4.78, 5) is 31.5. The van der Waals surface area contributed by atoms with Gasteiger partial charge in [-0.1, -0.05) is 0 Å². The lowest BCUT2D eigenvalue weighted by Gasteiger charge is -2.10. The van der Waals surface area contributed by atoms with Crippen molar-refractivity contribution >= 4 is 11.8 Å². The van der Waals surface area contributed by atoms with Crippen LogP contribution in [0.3, 0.4) is 0 Å². The third kappa shape index (κ3) is 5.35. The molecule has 2 rings (SSSR count). The summed E-state index contributed by atoms with van der Waals surface area (Å²) in [6.45, 7) is 4.50. The summed E-state index contributed by atoms with van der Waals surface area (Å²) < 4.78 is 5.53. The van der Waals surface area contributed by atoms with Gasteiger partial charge in [-0.05, 0) is 38.1 Å². The second kappa shape index (κ2) is 8.61. The second-order valence-electron chi connectivity index (χ2n) is 5.29. The van der Waals surface area contributed by atoms with E-state index in [0.29, 0.717) is 18.7 Å². The number of hydrogen-bond donors (Lipinski definition) is 2. The minimum absolute atomic E-state index is 0.0857. The molecular weight excluding hydrogens is 308 g/mol. The molecule has 0 saturated heterocycles. The Morgan fingerprint density at radius 2 is 1.71 bits per heavy atom. The first kappa shape index (κ1) is 17.4. The predicted octanol–water partition coefficient (Wildman–Crippen LogP) is 1.42. The predicted molar refractivity (Wildman–Crippen MR) is 88.9 cm³/mol. The highest BCUT2D eigenvalue weighted by Gasteiger charge is 2.08. The molecule has 2 N–H and O–H groups in total. The van der Waals surface area contributed by atoms with E-state index >= 15 is 0 Å². The molecule has 2 amide bonds. The summed E-state index contributed by atoms with van der Waals surface area (Å²) in [5.41, 5.74) is 0.774. The van der Waals surface area contributed by atoms with Crippen molar-refractivity contribution in [3.8, 4) is 5.75 Å². The summed E-state index contributed by atoms with van der Waals surface area (Å²) in [6, 6.07) is 6.91. The Labute approximate surface area is 140 Å². The molecule has 1 aromatic carbocycles. The molecule has 0 saturated carbocycles. The number of nitrogens with zero attached hydrogens (tertiary/aromatic N) is 2. The lowest BCUT2D eigenvalue weighted by molar-refractivity contribution is 0.0925. The van der Waals surface area contributed by atoms with Crippen LogP contribution in [0.1, 0.15) is 34.7 Å². The number of nitrogens with one attached hydrogen (secondary N) is 2. The van der Waals surface area contributed by atoms with Crippen molar-refractivity contribution in [3.05, 3.63) is 54.1 Å². The van der Waals surface area contributed by atoms with Gasteiger partial charge in [0, 0.05) is 31.0 Å². The van der Waals surface area contributed by atoms with Crippen LogP contribution in [0.5, 0.6) is 5.75 Å². The monoisotopic (exact) mass is 328 g/mol. The summed E-state index contributed by atoms with van der Waals surface area (Å²) in [7, 11) is 0. The van der Waals surface area contributed by atoms with Gasteiger partial charge in [0.05, 0.1) is 12.3 Å². The first-order valence-corrected chi connectivity index (χ1v) is 7.65. The zero-order valence-electron chi connectivity index (χ0n) is 13.7. The normalized spacial score (nSPS) is 10.3. The lowest BCUT2D eigenvalue weighted by atomic mass is 10.2. The Bertz CT molecular complexity index is 672. The fourth-order valence-corrected chi connectivity index (χ4v) is 1.92. The maximum Gasteiger partial charge on any atom is 0.271 e. The molecule has 126 valence electrons. The van der Waals surface area contributed by atoms with E-state index in [-0.39, 0.29) is 23.6 Å². The summed E-state index contributed by atoms with van der Waals surface area (Å²) in [5.74, 6) is 0.185. The average molecular weight is 328 g/mol. The minimum atomic E-state index is -0.326. The van der Waals surface area contributed by atoms with Gasteiger partial charge in [-0.3, -0.25) is 14.6 Å². The smallest absolute Gasteiger partial charge is 0.271 e. The van der Waals surface area contributed by atoms with Gasteiger partial charge in [0.25, 0.3) is 11.8 Å². The van der Waals surface area contributed by atoms with Crippen LogP contribution < -0.4 is 15.4 Å². The zero-order chi connectivity index (χ0) is 17.4. The molecule has 0 atom stereocenters. The molecule has 1 heterocycles. The maximum absolute atomic E-state index is 12.0. The SMILES string of the molecule is CC(C)Oc1ccc(C(=O)NCCNC(=O)c2cnccn2)cc1. The van der Waals surface area contributed by atoms with Crippen molar-refractivity contribution < 1.29 is 14.3 Å². The van der Waals surface area contributed by atoms with Crippen molar-refractivity contribution in [3.63, 3.8) is 0 Å². The van der Waals surface area contributed by atoms with E-state index in [0.717, 1.165) is 5.75 Å². The number of ether oxygens (including phenoxy) is 1. The van der Waals surface area contributed by atoms with E-state index in [1.807, 2.05) is 13.8 Å². The Hall–Kier alpha value is -2.96. The van der Waals surface area contributed by atoms with Gasteiger partial charge < -0.3 is 15.4 Å². The number of hydrogen-bond acceptors (Lipinski definition) is 5. The molecule has 0 aliphatic carbocycles. The van der Waals surface area contributed by atoms with Crippen LogP contribution in [0.15, 0.2) is 42.9 Å². The number of benzene rings is 1. The van der Waals surface area contributed by atoms with Crippen molar-refractivity contribution in [2.75, 3.05) is 13.1 Å². The fraction of sp³-hybridized carbons (Fsp3) is 0.294. The number of aromatic nitrogens is 2. The summed E-state index contributed by atoms with van der Waals surface area (Å²) in [5, 5.41) is 5.40. The fourth-order valence-electron chi connectivity index (χ4n) is 1.92. The van der Waals surface area contributed by atoms with Crippen molar-refractivity contribution in [2.24, 2.45) is 0 Å². The molecule has 2 aromatic rings. The number of rotatable bonds is 7. The molecule has 0 spiro atoms. The molecule has 7 heteroatoms. The molecular formula is C17H20N4O3. The minimum Gasteiger partial charge on any atom is -0.491 e. The quantitative estimate of drug-likeness (QED) is 0.750. The highest BCUT2D eigenvalue weighted by Crippen LogP contribution is 2.13. The Balaban J connectivity index is 1.74. The zero-order valence-corrected chi connectivity index (χ0v) is 13.7. The standard InChI is InChI=1S/C17H20N4O3/c1-12(2)24-14-5-3-13(4-6-14)16(22)20-9-10-21-17(23)15-11-18-7-8-19-15/h3-8,11-12H,9-10H2,1-2H3,(H,20,22)(H,21,23). The Morgan fingerprint density at radius 1 is 1.04 bits per heavy atom. The van der Waals surface area contributed by atoms with Gasteiger partial charge >= 0.3 is 0 Å². The molecule has 0 unspecified atom stereocenters. The molecule has 24 heavy (non-hydrogen) atoms. The molecule has 0 radical (unpaired) electrons. The number of amides is 2. The van der Waals surface area contributed by atoms with Crippen LogP contribution in [0.2, 0.25) is 0 Å². The summed E-state index contributed by atoms with van der Waals surface area (Å²) in [6.07, 6.45) is 4.41. The lowest BCUT2D eigenvalue weighted by Crippen LogP contribution is -2.35. The topological polar surface area (TPSA) is 93.2 Å². The van der Waals surface area contributed by atoms with Crippen molar-refractivity contribution in [1.29, 1.82) is 0 Å². The highest BCUT2D eigenvalue weighted by atomic mass is 16.5. The first-order valence-electron chi connectivity index (χ1n) is 7.65. The van der Waals surface area contributed by atoms with Crippen LogP contribution in [0, 0.1) is 0 Å². The molecule has 1 aromatic heterocycles. The van der Waals surface area contributed by atoms with E-state index in [9.17, 15) is 9.59 Å². The molecule has 0 aliphatic heterocycles. The molecule has 0 bridgehead atoms. The average Bonchev–Trinajstić information content (AvgIpc) is 2.59. The molecule has 0 fully saturated rings. The van der Waals surface area contributed by atoms with Crippen LogP contribution in [-0.2, 0) is 0 Å². The van der Waals surface area contributed by atoms with Gasteiger partial charge in [-0.2, -0.15) is 0 Å². The van der Waals surface area contributed by atoms with Gasteiger partial charge in [-0.15, -0.1) is 0 Å². The summed E-state index contributed by atoms with van der Waals surface area (Å²) >= 11 is 0. The van der Waals surface area contributed by atoms with Gasteiger partial charge in [0.2, 0.25) is 0 Å². The van der Waals surface area contributed by atoms with E-state index in [1.165, 1.54) is 18.6 Å².